The van der Waals surface area contributed by atoms with Gasteiger partial charge in [-0.15, -0.1) is 0 Å². The van der Waals surface area contributed by atoms with Crippen molar-refractivity contribution < 1.29 is 36.0 Å². The van der Waals surface area contributed by atoms with Gasteiger partial charge in [-0.1, -0.05) is 6.42 Å². The molecule has 188 valence electrons. The Morgan fingerprint density at radius 1 is 0.581 bits per heavy atom. The summed E-state index contributed by atoms with van der Waals surface area (Å²) < 4.78 is 45.9. The Balaban J connectivity index is 0.000000615. The van der Waals surface area contributed by atoms with Crippen LogP contribution in [0.4, 0.5) is 0 Å². The summed E-state index contributed by atoms with van der Waals surface area (Å²) in [7, 11) is -5.24. The maximum atomic E-state index is 6.10. The average Bonchev–Trinajstić information content (AvgIpc) is 2.72. The van der Waals surface area contributed by atoms with E-state index in [4.69, 9.17) is 36.0 Å². The Morgan fingerprint density at radius 2 is 1.00 bits per heavy atom. The van der Waals surface area contributed by atoms with Gasteiger partial charge in [0.05, 0.1) is 0 Å². The highest BCUT2D eigenvalue weighted by molar-refractivity contribution is 6.70. The highest BCUT2D eigenvalue weighted by atomic mass is 28.4. The molecular weight excluding hydrogens is 436 g/mol. The zero-order valence-electron chi connectivity index (χ0n) is 21.3. The van der Waals surface area contributed by atoms with Crippen molar-refractivity contribution in [3.8, 4) is 0 Å². The minimum absolute atomic E-state index is 0.548. The number of rotatable bonds is 16. The minimum Gasteiger partial charge on any atom is -0.392 e. The number of ether oxygens (including phenoxy) is 2. The standard InChI is InChI=1S/C13H28O4Si.C8H20O4Si/c1-5-14-13(15-6-2)11-9-10-12-18(13,16-7-3)17-8-4;1-5-9-13(10-6-2,11-7-3)12-8-4/h5-12H2,1-4H3;5-8H2,1-4H3. The third kappa shape index (κ3) is 9.48. The Hall–Kier alpha value is 0.114. The second-order valence-electron chi connectivity index (χ2n) is 6.68. The van der Waals surface area contributed by atoms with E-state index < -0.39 is 23.0 Å². The molecule has 0 radical (unpaired) electrons. The first kappa shape index (κ1) is 31.1. The molecule has 1 aliphatic rings. The SMILES string of the molecule is CCOC1(OCC)CCCC[Si]1(OCC)OCC.CCO[Si](OCC)(OCC)OCC. The van der Waals surface area contributed by atoms with Crippen LogP contribution in [0.15, 0.2) is 0 Å². The van der Waals surface area contributed by atoms with Gasteiger partial charge in [-0.05, 0) is 67.9 Å². The van der Waals surface area contributed by atoms with Gasteiger partial charge in [-0.2, -0.15) is 0 Å². The summed E-state index contributed by atoms with van der Waals surface area (Å²) >= 11 is 0. The summed E-state index contributed by atoms with van der Waals surface area (Å²) in [4.78, 5) is 0. The van der Waals surface area contributed by atoms with Crippen LogP contribution in [0.5, 0.6) is 0 Å². The van der Waals surface area contributed by atoms with Crippen LogP contribution >= 0.6 is 0 Å². The van der Waals surface area contributed by atoms with Crippen LogP contribution in [0.1, 0.15) is 74.7 Å². The monoisotopic (exact) mass is 484 g/mol. The Kier molecular flexibility index (Phi) is 17.6. The largest absolute Gasteiger partial charge is 0.679 e. The van der Waals surface area contributed by atoms with Crippen LogP contribution in [0.2, 0.25) is 6.04 Å². The molecule has 31 heavy (non-hydrogen) atoms. The molecular formula is C21H48O8Si2. The number of hydrogen-bond acceptors (Lipinski definition) is 8. The summed E-state index contributed by atoms with van der Waals surface area (Å²) in [6.07, 6.45) is 3.16. The van der Waals surface area contributed by atoms with Crippen molar-refractivity contribution in [1.29, 1.82) is 0 Å². The third-order valence-corrected chi connectivity index (χ3v) is 11.4. The van der Waals surface area contributed by atoms with Crippen LogP contribution in [0, 0.1) is 0 Å². The van der Waals surface area contributed by atoms with E-state index in [1.807, 2.05) is 55.4 Å². The lowest BCUT2D eigenvalue weighted by molar-refractivity contribution is -0.211. The normalized spacial score (nSPS) is 17.8. The van der Waals surface area contributed by atoms with Gasteiger partial charge >= 0.3 is 17.6 Å². The maximum absolute atomic E-state index is 6.10. The summed E-state index contributed by atoms with van der Waals surface area (Å²) in [6.45, 7) is 20.4. The van der Waals surface area contributed by atoms with Gasteiger partial charge in [0.1, 0.15) is 0 Å². The Morgan fingerprint density at radius 3 is 1.32 bits per heavy atom. The molecule has 1 saturated heterocycles. The van der Waals surface area contributed by atoms with Gasteiger partial charge in [-0.25, -0.2) is 0 Å². The molecule has 0 saturated carbocycles. The molecule has 0 unspecified atom stereocenters. The van der Waals surface area contributed by atoms with Crippen molar-refractivity contribution in [2.75, 3.05) is 52.9 Å². The lowest BCUT2D eigenvalue weighted by Crippen LogP contribution is -2.67. The van der Waals surface area contributed by atoms with Gasteiger partial charge in [0.25, 0.3) is 0 Å². The molecule has 0 aromatic heterocycles. The molecule has 0 bridgehead atoms. The van der Waals surface area contributed by atoms with Crippen molar-refractivity contribution in [2.24, 2.45) is 0 Å². The van der Waals surface area contributed by atoms with Crippen molar-refractivity contribution in [3.63, 3.8) is 0 Å². The molecule has 0 aromatic rings. The zero-order valence-corrected chi connectivity index (χ0v) is 23.3. The topological polar surface area (TPSA) is 73.8 Å². The van der Waals surface area contributed by atoms with Crippen LogP contribution < -0.4 is 0 Å². The summed E-state index contributed by atoms with van der Waals surface area (Å²) in [5.41, 5.74) is -0.610. The fourth-order valence-corrected chi connectivity index (χ4v) is 9.84. The van der Waals surface area contributed by atoms with Crippen molar-refractivity contribution in [2.45, 2.75) is 86.1 Å². The highest BCUT2D eigenvalue weighted by Crippen LogP contribution is 2.41. The van der Waals surface area contributed by atoms with Crippen LogP contribution in [-0.4, -0.2) is 75.9 Å². The van der Waals surface area contributed by atoms with Crippen LogP contribution in [0.3, 0.4) is 0 Å². The van der Waals surface area contributed by atoms with Crippen molar-refractivity contribution in [1.82, 2.24) is 0 Å². The molecule has 0 N–H and O–H groups in total. The second kappa shape index (κ2) is 17.6. The molecule has 8 nitrogen and oxygen atoms in total. The Labute approximate surface area is 192 Å². The zero-order chi connectivity index (χ0) is 23.6. The lowest BCUT2D eigenvalue weighted by Gasteiger charge is -2.48. The number of hydrogen-bond donors (Lipinski definition) is 0. The first-order valence-electron chi connectivity index (χ1n) is 12.1. The molecule has 0 aliphatic carbocycles. The molecule has 0 aromatic carbocycles. The summed E-state index contributed by atoms with van der Waals surface area (Å²) in [6, 6.07) is 0.967. The van der Waals surface area contributed by atoms with Crippen LogP contribution in [0.25, 0.3) is 0 Å². The molecule has 1 rings (SSSR count). The molecule has 0 spiro atoms. The Bertz CT molecular complexity index is 352. The average molecular weight is 485 g/mol. The van der Waals surface area contributed by atoms with Crippen molar-refractivity contribution in [3.05, 3.63) is 0 Å². The highest BCUT2D eigenvalue weighted by Gasteiger charge is 2.61. The van der Waals surface area contributed by atoms with E-state index in [0.717, 1.165) is 25.3 Å². The van der Waals surface area contributed by atoms with Gasteiger partial charge < -0.3 is 36.0 Å². The smallest absolute Gasteiger partial charge is 0.392 e. The van der Waals surface area contributed by atoms with Gasteiger partial charge in [-0.3, -0.25) is 0 Å². The third-order valence-electron chi connectivity index (χ3n) is 4.64. The molecule has 1 fully saturated rings. The van der Waals surface area contributed by atoms with E-state index in [0.29, 0.717) is 52.9 Å². The second-order valence-corrected chi connectivity index (χ2v) is 12.2. The summed E-state index contributed by atoms with van der Waals surface area (Å²) in [5.74, 6) is 0. The molecule has 10 heteroatoms. The lowest BCUT2D eigenvalue weighted by atomic mass is 10.2. The molecule has 1 aliphatic heterocycles. The van der Waals surface area contributed by atoms with E-state index in [9.17, 15) is 0 Å². The first-order chi connectivity index (χ1) is 14.9. The molecule has 1 heterocycles. The fraction of sp³-hybridized carbons (Fsp3) is 1.00. The predicted octanol–water partition coefficient (Wildman–Crippen LogP) is 4.56. The predicted molar refractivity (Wildman–Crippen MR) is 126 cm³/mol. The van der Waals surface area contributed by atoms with E-state index in [2.05, 4.69) is 0 Å². The van der Waals surface area contributed by atoms with E-state index in [1.165, 1.54) is 0 Å². The molecule has 0 amide bonds. The quantitative estimate of drug-likeness (QED) is 0.233. The van der Waals surface area contributed by atoms with Gasteiger partial charge in [0.2, 0.25) is 5.41 Å². The fourth-order valence-electron chi connectivity index (χ4n) is 3.80. The van der Waals surface area contributed by atoms with Crippen LogP contribution in [-0.2, 0) is 36.0 Å². The maximum Gasteiger partial charge on any atom is 0.679 e. The van der Waals surface area contributed by atoms with Crippen molar-refractivity contribution >= 4 is 17.6 Å². The van der Waals surface area contributed by atoms with E-state index in [1.54, 1.807) is 0 Å². The molecule has 0 atom stereocenters. The van der Waals surface area contributed by atoms with Gasteiger partial charge in [0.15, 0.2) is 0 Å². The van der Waals surface area contributed by atoms with E-state index in [-0.39, 0.29) is 0 Å². The minimum atomic E-state index is -2.80. The summed E-state index contributed by atoms with van der Waals surface area (Å²) in [5, 5.41) is 0. The van der Waals surface area contributed by atoms with Gasteiger partial charge in [0, 0.05) is 59.3 Å². The first-order valence-corrected chi connectivity index (χ1v) is 15.7. The van der Waals surface area contributed by atoms with E-state index >= 15 is 0 Å².